The fraction of sp³-hybridized carbons (Fsp3) is 1.00. The smallest absolute Gasteiger partial charge is 0.152 e. The normalized spacial score (nSPS) is 13.5. The van der Waals surface area contributed by atoms with Gasteiger partial charge in [0.15, 0.2) is 9.84 Å². The van der Waals surface area contributed by atoms with E-state index in [2.05, 4.69) is 32.3 Å². The highest BCUT2D eigenvalue weighted by Crippen LogP contribution is 2.26. The van der Waals surface area contributed by atoms with Crippen LogP contribution in [0.25, 0.3) is 0 Å². The molecule has 4 nitrogen and oxygen atoms in total. The average Bonchev–Trinajstić information content (AvgIpc) is 2.12. The molecule has 0 aromatic rings. The standard InChI is InChI=1S/C8H17Br2NO3S/c1-8(2,11(9)10)4-6-15(12,13)7-5-14-3/h4-7H2,1-3H3. The zero-order chi connectivity index (χ0) is 12.1. The van der Waals surface area contributed by atoms with Crippen LogP contribution in [0.15, 0.2) is 0 Å². The van der Waals surface area contributed by atoms with E-state index in [1.807, 2.05) is 13.8 Å². The summed E-state index contributed by atoms with van der Waals surface area (Å²) in [4.78, 5) is 0. The summed E-state index contributed by atoms with van der Waals surface area (Å²) in [6.07, 6.45) is 0.551. The molecule has 0 bridgehead atoms. The lowest BCUT2D eigenvalue weighted by Gasteiger charge is -2.28. The Balaban J connectivity index is 4.15. The van der Waals surface area contributed by atoms with Crippen LogP contribution in [-0.2, 0) is 14.6 Å². The molecule has 0 amide bonds. The van der Waals surface area contributed by atoms with Crippen molar-refractivity contribution in [3.8, 4) is 0 Å². The van der Waals surface area contributed by atoms with Gasteiger partial charge in [0.25, 0.3) is 0 Å². The molecule has 0 saturated heterocycles. The van der Waals surface area contributed by atoms with Crippen molar-refractivity contribution in [2.75, 3.05) is 25.2 Å². The molecular weight excluding hydrogens is 350 g/mol. The molecule has 0 rings (SSSR count). The Bertz CT molecular complexity index is 278. The van der Waals surface area contributed by atoms with Crippen molar-refractivity contribution in [1.29, 1.82) is 0 Å². The van der Waals surface area contributed by atoms with Crippen LogP contribution in [-0.4, -0.2) is 42.1 Å². The number of hydrogen-bond acceptors (Lipinski definition) is 4. The minimum absolute atomic E-state index is 0.0875. The maximum Gasteiger partial charge on any atom is 0.152 e. The topological polar surface area (TPSA) is 46.6 Å². The van der Waals surface area contributed by atoms with Crippen molar-refractivity contribution >= 4 is 42.1 Å². The third kappa shape index (κ3) is 6.88. The van der Waals surface area contributed by atoms with Crippen LogP contribution in [0.5, 0.6) is 0 Å². The maximum atomic E-state index is 11.5. The van der Waals surface area contributed by atoms with Gasteiger partial charge >= 0.3 is 0 Å². The van der Waals surface area contributed by atoms with Crippen molar-refractivity contribution in [3.63, 3.8) is 0 Å². The molecule has 0 aromatic heterocycles. The van der Waals surface area contributed by atoms with Gasteiger partial charge in [0, 0.05) is 44.9 Å². The molecular formula is C8H17Br2NO3S. The molecule has 0 aliphatic carbocycles. The largest absolute Gasteiger partial charge is 0.384 e. The lowest BCUT2D eigenvalue weighted by molar-refractivity contribution is 0.217. The summed E-state index contributed by atoms with van der Waals surface area (Å²) in [5.74, 6) is 0.251. The van der Waals surface area contributed by atoms with Gasteiger partial charge in [-0.3, -0.25) is 0 Å². The molecule has 0 spiro atoms. The first kappa shape index (κ1) is 15.8. The van der Waals surface area contributed by atoms with Crippen molar-refractivity contribution in [3.05, 3.63) is 0 Å². The summed E-state index contributed by atoms with van der Waals surface area (Å²) in [7, 11) is -1.51. The second kappa shape index (κ2) is 6.54. The fourth-order valence-corrected chi connectivity index (χ4v) is 2.59. The number of ether oxygens (including phenoxy) is 1. The lowest BCUT2D eigenvalue weighted by Crippen LogP contribution is -2.33. The predicted molar refractivity (Wildman–Crippen MR) is 68.9 cm³/mol. The minimum atomic E-state index is -3.00. The van der Waals surface area contributed by atoms with Crippen LogP contribution in [0, 0.1) is 0 Å². The van der Waals surface area contributed by atoms with Gasteiger partial charge in [-0.05, 0) is 20.3 Å². The van der Waals surface area contributed by atoms with Gasteiger partial charge in [0.1, 0.15) is 0 Å². The molecule has 0 aromatic carbocycles. The first-order valence-corrected chi connectivity index (χ1v) is 7.76. The quantitative estimate of drug-likeness (QED) is 0.647. The molecule has 0 aliphatic rings. The highest BCUT2D eigenvalue weighted by molar-refractivity contribution is 9.21. The van der Waals surface area contributed by atoms with Gasteiger partial charge < -0.3 is 4.74 Å². The molecule has 0 atom stereocenters. The average molecular weight is 367 g/mol. The Morgan fingerprint density at radius 2 is 1.80 bits per heavy atom. The van der Waals surface area contributed by atoms with E-state index in [0.717, 1.165) is 0 Å². The lowest BCUT2D eigenvalue weighted by atomic mass is 10.0. The third-order valence-electron chi connectivity index (χ3n) is 2.08. The zero-order valence-corrected chi connectivity index (χ0v) is 13.2. The van der Waals surface area contributed by atoms with Gasteiger partial charge in [-0.2, -0.15) is 2.95 Å². The Labute approximate surface area is 109 Å². The van der Waals surface area contributed by atoms with Crippen LogP contribution in [0.1, 0.15) is 20.3 Å². The van der Waals surface area contributed by atoms with Crippen molar-refractivity contribution in [2.45, 2.75) is 25.8 Å². The monoisotopic (exact) mass is 365 g/mol. The molecule has 0 radical (unpaired) electrons. The Morgan fingerprint density at radius 3 is 2.20 bits per heavy atom. The molecule has 0 N–H and O–H groups in total. The Morgan fingerprint density at radius 1 is 1.27 bits per heavy atom. The number of nitrogens with zero attached hydrogens (tertiary/aromatic N) is 1. The van der Waals surface area contributed by atoms with E-state index < -0.39 is 9.84 Å². The van der Waals surface area contributed by atoms with Gasteiger partial charge in [0.05, 0.1) is 18.1 Å². The van der Waals surface area contributed by atoms with E-state index in [9.17, 15) is 8.42 Å². The molecule has 0 saturated carbocycles. The van der Waals surface area contributed by atoms with E-state index in [1.54, 1.807) is 2.95 Å². The first-order chi connectivity index (χ1) is 6.71. The second-order valence-electron chi connectivity index (χ2n) is 3.94. The third-order valence-corrected chi connectivity index (χ3v) is 5.62. The minimum Gasteiger partial charge on any atom is -0.384 e. The van der Waals surface area contributed by atoms with Crippen molar-refractivity contribution in [1.82, 2.24) is 2.95 Å². The van der Waals surface area contributed by atoms with Crippen LogP contribution < -0.4 is 0 Å². The van der Waals surface area contributed by atoms with Gasteiger partial charge in [-0.25, -0.2) is 8.42 Å². The molecule has 0 fully saturated rings. The fourth-order valence-electron chi connectivity index (χ4n) is 0.802. The molecule has 92 valence electrons. The summed E-state index contributed by atoms with van der Waals surface area (Å²) in [5.41, 5.74) is -0.250. The van der Waals surface area contributed by atoms with Crippen LogP contribution in [0.2, 0.25) is 0 Å². The number of halogens is 2. The highest BCUT2D eigenvalue weighted by Gasteiger charge is 2.26. The van der Waals surface area contributed by atoms with E-state index in [1.165, 1.54) is 7.11 Å². The molecule has 0 heterocycles. The number of rotatable bonds is 7. The second-order valence-corrected chi connectivity index (χ2v) is 8.61. The molecule has 7 heteroatoms. The number of hydrogen-bond donors (Lipinski definition) is 0. The SMILES string of the molecule is COCCS(=O)(=O)CCC(C)(C)N(Br)Br. The Hall–Kier alpha value is 0.830. The zero-order valence-electron chi connectivity index (χ0n) is 9.16. The number of methoxy groups -OCH3 is 1. The maximum absolute atomic E-state index is 11.5. The summed E-state index contributed by atoms with van der Waals surface area (Å²) in [6.45, 7) is 4.15. The van der Waals surface area contributed by atoms with Gasteiger partial charge in [-0.1, -0.05) is 0 Å². The van der Waals surface area contributed by atoms with Crippen LogP contribution >= 0.6 is 32.3 Å². The molecule has 15 heavy (non-hydrogen) atoms. The van der Waals surface area contributed by atoms with Crippen molar-refractivity contribution in [2.24, 2.45) is 0 Å². The van der Waals surface area contributed by atoms with E-state index in [-0.39, 0.29) is 23.7 Å². The van der Waals surface area contributed by atoms with Crippen LogP contribution in [0.4, 0.5) is 0 Å². The number of sulfone groups is 1. The molecule has 0 aliphatic heterocycles. The summed E-state index contributed by atoms with van der Waals surface area (Å²) < 4.78 is 29.5. The van der Waals surface area contributed by atoms with E-state index >= 15 is 0 Å². The first-order valence-electron chi connectivity index (χ1n) is 4.52. The predicted octanol–water partition coefficient (Wildman–Crippen LogP) is 2.14. The van der Waals surface area contributed by atoms with Crippen molar-refractivity contribution < 1.29 is 13.2 Å². The van der Waals surface area contributed by atoms with E-state index in [4.69, 9.17) is 4.74 Å². The summed E-state index contributed by atoms with van der Waals surface area (Å²) in [6, 6.07) is 0. The summed E-state index contributed by atoms with van der Waals surface area (Å²) >= 11 is 6.49. The summed E-state index contributed by atoms with van der Waals surface area (Å²) in [5, 5.41) is 0. The van der Waals surface area contributed by atoms with Gasteiger partial charge in [0.2, 0.25) is 0 Å². The van der Waals surface area contributed by atoms with Gasteiger partial charge in [-0.15, -0.1) is 0 Å². The van der Waals surface area contributed by atoms with E-state index in [0.29, 0.717) is 6.42 Å². The highest BCUT2D eigenvalue weighted by atomic mass is 79.9. The molecule has 0 unspecified atom stereocenters. The Kier molecular flexibility index (Phi) is 6.90. The van der Waals surface area contributed by atoms with Crippen LogP contribution in [0.3, 0.4) is 0 Å².